The van der Waals surface area contributed by atoms with E-state index in [-0.39, 0.29) is 19.0 Å². The minimum Gasteiger partial charge on any atom is -0.388 e. The number of hydrogen-bond acceptors (Lipinski definition) is 3. The van der Waals surface area contributed by atoms with Crippen LogP contribution in [0.4, 0.5) is 4.39 Å². The van der Waals surface area contributed by atoms with Crippen molar-refractivity contribution < 1.29 is 19.4 Å². The lowest BCUT2D eigenvalue weighted by molar-refractivity contribution is 0.0572. The first-order valence-corrected chi connectivity index (χ1v) is 4.99. The van der Waals surface area contributed by atoms with E-state index in [9.17, 15) is 19.4 Å². The number of carbonyl (C=O) groups is 1. The van der Waals surface area contributed by atoms with Crippen molar-refractivity contribution in [1.82, 2.24) is 4.90 Å². The number of likely N-dealkylation sites (tertiary alicyclic amines) is 1. The quantitative estimate of drug-likeness (QED) is 0.707. The Balaban J connectivity index is 2.11. The molecule has 4 nitrogen and oxygen atoms in total. The minimum atomic E-state index is -0.899. The molecule has 1 aromatic rings. The normalized spacial score (nSPS) is 24.8. The third-order valence-electron chi connectivity index (χ3n) is 2.64. The molecule has 0 radical (unpaired) electrons. The van der Waals surface area contributed by atoms with Gasteiger partial charge in [-0.15, -0.1) is 0 Å². The third kappa shape index (κ3) is 2.05. The Bertz CT molecular complexity index is 383. The zero-order valence-electron chi connectivity index (χ0n) is 8.51. The maximum absolute atomic E-state index is 12.6. The molecular formula is C11H12FNO3. The van der Waals surface area contributed by atoms with Gasteiger partial charge in [-0.1, -0.05) is 0 Å². The van der Waals surface area contributed by atoms with Crippen molar-refractivity contribution in [3.63, 3.8) is 0 Å². The van der Waals surface area contributed by atoms with E-state index in [1.54, 1.807) is 0 Å². The van der Waals surface area contributed by atoms with Gasteiger partial charge in [-0.25, -0.2) is 4.39 Å². The van der Waals surface area contributed by atoms with E-state index in [1.807, 2.05) is 0 Å². The molecule has 86 valence electrons. The standard InChI is InChI=1S/C11H12FNO3/c12-8-3-1-7(2-4-8)11(16)13-5-9(14)10(15)6-13/h1-4,9-10,14-15H,5-6H2. The summed E-state index contributed by atoms with van der Waals surface area (Å²) in [5.41, 5.74) is 0.350. The smallest absolute Gasteiger partial charge is 0.254 e. The van der Waals surface area contributed by atoms with E-state index in [0.717, 1.165) is 0 Å². The molecule has 16 heavy (non-hydrogen) atoms. The van der Waals surface area contributed by atoms with Crippen LogP contribution in [-0.4, -0.2) is 46.3 Å². The summed E-state index contributed by atoms with van der Waals surface area (Å²) in [6.45, 7) is 0.217. The molecule has 0 bridgehead atoms. The SMILES string of the molecule is O=C(c1ccc(F)cc1)N1CC(O)C(O)C1. The Labute approximate surface area is 91.9 Å². The lowest BCUT2D eigenvalue weighted by Gasteiger charge is -2.15. The van der Waals surface area contributed by atoms with Gasteiger partial charge in [0.05, 0.1) is 12.2 Å². The number of hydrogen-bond donors (Lipinski definition) is 2. The van der Waals surface area contributed by atoms with Gasteiger partial charge in [0.1, 0.15) is 5.82 Å². The van der Waals surface area contributed by atoms with Crippen LogP contribution in [0.5, 0.6) is 0 Å². The largest absolute Gasteiger partial charge is 0.388 e. The van der Waals surface area contributed by atoms with Crippen molar-refractivity contribution in [2.75, 3.05) is 13.1 Å². The summed E-state index contributed by atoms with van der Waals surface area (Å²) < 4.78 is 12.6. The molecule has 2 rings (SSSR count). The van der Waals surface area contributed by atoms with Crippen LogP contribution in [0.2, 0.25) is 0 Å². The molecule has 1 amide bonds. The molecule has 0 saturated carbocycles. The number of benzene rings is 1. The first kappa shape index (κ1) is 11.0. The molecule has 5 heteroatoms. The summed E-state index contributed by atoms with van der Waals surface area (Å²) in [5.74, 6) is -0.714. The van der Waals surface area contributed by atoms with Crippen LogP contribution in [-0.2, 0) is 0 Å². The average Bonchev–Trinajstić information content (AvgIpc) is 2.59. The second-order valence-corrected chi connectivity index (χ2v) is 3.85. The van der Waals surface area contributed by atoms with E-state index in [1.165, 1.54) is 29.2 Å². The van der Waals surface area contributed by atoms with Crippen LogP contribution >= 0.6 is 0 Å². The molecule has 1 aliphatic rings. The number of carbonyl (C=O) groups excluding carboxylic acids is 1. The molecule has 2 N–H and O–H groups in total. The number of nitrogens with zero attached hydrogens (tertiary/aromatic N) is 1. The van der Waals surface area contributed by atoms with Crippen LogP contribution in [0, 0.1) is 5.82 Å². The zero-order chi connectivity index (χ0) is 11.7. The lowest BCUT2D eigenvalue weighted by Crippen LogP contribution is -2.29. The predicted octanol–water partition coefficient (Wildman–Crippen LogP) is 0.00330. The van der Waals surface area contributed by atoms with E-state index in [2.05, 4.69) is 0 Å². The van der Waals surface area contributed by atoms with Gasteiger partial charge in [0.2, 0.25) is 0 Å². The second-order valence-electron chi connectivity index (χ2n) is 3.85. The van der Waals surface area contributed by atoms with Crippen molar-refractivity contribution in [3.05, 3.63) is 35.6 Å². The Kier molecular flexibility index (Phi) is 2.89. The average molecular weight is 225 g/mol. The van der Waals surface area contributed by atoms with E-state index >= 15 is 0 Å². The van der Waals surface area contributed by atoms with Crippen LogP contribution in [0.1, 0.15) is 10.4 Å². The van der Waals surface area contributed by atoms with Crippen molar-refractivity contribution in [1.29, 1.82) is 0 Å². The summed E-state index contributed by atoms with van der Waals surface area (Å²) in [4.78, 5) is 13.2. The number of aliphatic hydroxyl groups is 2. The summed E-state index contributed by atoms with van der Waals surface area (Å²) in [7, 11) is 0. The summed E-state index contributed by atoms with van der Waals surface area (Å²) >= 11 is 0. The van der Waals surface area contributed by atoms with Crippen LogP contribution < -0.4 is 0 Å². The van der Waals surface area contributed by atoms with Gasteiger partial charge in [0.15, 0.2) is 0 Å². The zero-order valence-corrected chi connectivity index (χ0v) is 8.51. The Morgan fingerprint density at radius 1 is 1.19 bits per heavy atom. The van der Waals surface area contributed by atoms with Crippen molar-refractivity contribution >= 4 is 5.91 Å². The van der Waals surface area contributed by atoms with Crippen LogP contribution in [0.25, 0.3) is 0 Å². The first-order chi connectivity index (χ1) is 7.58. The Morgan fingerprint density at radius 2 is 1.69 bits per heavy atom. The number of β-amino-alcohol motifs (C(OH)–C–C–N with tert-alkyl or cyclic N) is 2. The van der Waals surface area contributed by atoms with E-state index in [4.69, 9.17) is 0 Å². The van der Waals surface area contributed by atoms with Gasteiger partial charge in [-0.05, 0) is 24.3 Å². The molecule has 1 saturated heterocycles. The molecule has 1 heterocycles. The van der Waals surface area contributed by atoms with Gasteiger partial charge in [-0.2, -0.15) is 0 Å². The summed E-state index contributed by atoms with van der Waals surface area (Å²) in [6.07, 6.45) is -1.80. The lowest BCUT2D eigenvalue weighted by atomic mass is 10.2. The van der Waals surface area contributed by atoms with Gasteiger partial charge in [0.25, 0.3) is 5.91 Å². The number of amides is 1. The molecule has 1 aromatic carbocycles. The molecule has 2 unspecified atom stereocenters. The van der Waals surface area contributed by atoms with Gasteiger partial charge < -0.3 is 15.1 Å². The maximum atomic E-state index is 12.6. The minimum absolute atomic E-state index is 0.109. The number of rotatable bonds is 1. The number of halogens is 1. The summed E-state index contributed by atoms with van der Waals surface area (Å²) in [5, 5.41) is 18.6. The Hall–Kier alpha value is -1.46. The second kappa shape index (κ2) is 4.19. The molecule has 0 spiro atoms. The van der Waals surface area contributed by atoms with E-state index < -0.39 is 18.0 Å². The highest BCUT2D eigenvalue weighted by molar-refractivity contribution is 5.94. The van der Waals surface area contributed by atoms with Gasteiger partial charge >= 0.3 is 0 Å². The van der Waals surface area contributed by atoms with Crippen molar-refractivity contribution in [2.24, 2.45) is 0 Å². The van der Waals surface area contributed by atoms with Crippen molar-refractivity contribution in [2.45, 2.75) is 12.2 Å². The molecule has 0 aliphatic carbocycles. The Morgan fingerprint density at radius 3 is 2.19 bits per heavy atom. The van der Waals surface area contributed by atoms with Crippen LogP contribution in [0.15, 0.2) is 24.3 Å². The van der Waals surface area contributed by atoms with Crippen molar-refractivity contribution in [3.8, 4) is 0 Å². The fourth-order valence-corrected chi connectivity index (χ4v) is 1.71. The highest BCUT2D eigenvalue weighted by Gasteiger charge is 2.32. The fraction of sp³-hybridized carbons (Fsp3) is 0.364. The fourth-order valence-electron chi connectivity index (χ4n) is 1.71. The molecule has 1 aliphatic heterocycles. The highest BCUT2D eigenvalue weighted by atomic mass is 19.1. The van der Waals surface area contributed by atoms with Gasteiger partial charge in [0, 0.05) is 18.7 Å². The molecule has 1 fully saturated rings. The summed E-state index contributed by atoms with van der Waals surface area (Å²) in [6, 6.07) is 5.18. The molecule has 2 atom stereocenters. The van der Waals surface area contributed by atoms with Gasteiger partial charge in [-0.3, -0.25) is 4.79 Å². The van der Waals surface area contributed by atoms with Crippen LogP contribution in [0.3, 0.4) is 0 Å². The number of aliphatic hydroxyl groups excluding tert-OH is 2. The van der Waals surface area contributed by atoms with E-state index in [0.29, 0.717) is 5.56 Å². The topological polar surface area (TPSA) is 60.8 Å². The first-order valence-electron chi connectivity index (χ1n) is 4.99. The predicted molar refractivity (Wildman–Crippen MR) is 54.3 cm³/mol. The third-order valence-corrected chi connectivity index (χ3v) is 2.64. The molecule has 0 aromatic heterocycles. The molecular weight excluding hydrogens is 213 g/mol. The monoisotopic (exact) mass is 225 g/mol. The maximum Gasteiger partial charge on any atom is 0.254 e. The highest BCUT2D eigenvalue weighted by Crippen LogP contribution is 2.14.